The van der Waals surface area contributed by atoms with Crippen molar-refractivity contribution in [3.63, 3.8) is 0 Å². The van der Waals surface area contributed by atoms with Crippen LogP contribution in [0.25, 0.3) is 0 Å². The maximum absolute atomic E-state index is 12.4. The fourth-order valence-electron chi connectivity index (χ4n) is 1.22. The van der Waals surface area contributed by atoms with Gasteiger partial charge in [0.05, 0.1) is 5.69 Å². The Kier molecular flexibility index (Phi) is 3.05. The van der Waals surface area contributed by atoms with Gasteiger partial charge >= 0.3 is 12.2 Å². The van der Waals surface area contributed by atoms with Crippen molar-refractivity contribution in [2.24, 2.45) is 0 Å². The Morgan fingerprint density at radius 1 is 1.11 bits per heavy atom. The number of hydrogen-bond acceptors (Lipinski definition) is 4. The van der Waals surface area contributed by atoms with E-state index in [0.29, 0.717) is 5.69 Å². The highest BCUT2D eigenvalue weighted by atomic mass is 19.4. The van der Waals surface area contributed by atoms with E-state index in [1.807, 2.05) is 0 Å². The number of nitrogens with two attached hydrogens (primary N) is 1. The minimum atomic E-state index is -4.54. The second kappa shape index (κ2) is 4.52. The van der Waals surface area contributed by atoms with Gasteiger partial charge < -0.3 is 10.5 Å². The summed E-state index contributed by atoms with van der Waals surface area (Å²) in [6.45, 7) is 0. The quantitative estimate of drug-likeness (QED) is 0.838. The molecule has 4 nitrogen and oxygen atoms in total. The maximum Gasteiger partial charge on any atom is 0.433 e. The lowest BCUT2D eigenvalue weighted by atomic mass is 10.3. The number of nitrogens with zero attached hydrogens (tertiary/aromatic N) is 2. The van der Waals surface area contributed by atoms with Crippen LogP contribution in [-0.2, 0) is 6.18 Å². The van der Waals surface area contributed by atoms with Gasteiger partial charge in [0.25, 0.3) is 0 Å². The summed E-state index contributed by atoms with van der Waals surface area (Å²) in [7, 11) is 0. The molecule has 0 radical (unpaired) electrons. The van der Waals surface area contributed by atoms with Crippen molar-refractivity contribution in [2.75, 3.05) is 5.73 Å². The monoisotopic (exact) mass is 255 g/mol. The van der Waals surface area contributed by atoms with Crippen LogP contribution in [0.2, 0.25) is 0 Å². The largest absolute Gasteiger partial charge is 0.433 e. The van der Waals surface area contributed by atoms with Crippen LogP contribution in [0, 0.1) is 0 Å². The van der Waals surface area contributed by atoms with Crippen molar-refractivity contribution in [3.8, 4) is 11.8 Å². The van der Waals surface area contributed by atoms with Crippen molar-refractivity contribution < 1.29 is 17.9 Å². The Morgan fingerprint density at radius 2 is 1.83 bits per heavy atom. The number of aromatic nitrogens is 2. The van der Waals surface area contributed by atoms with Gasteiger partial charge in [-0.3, -0.25) is 0 Å². The standard InChI is InChI=1S/C11H8F3N3O/c12-11(13,14)9-5-6-16-10(17-9)18-8-4-2-1-3-7(8)15/h1-6H,15H2. The van der Waals surface area contributed by atoms with Crippen LogP contribution in [0.1, 0.15) is 5.69 Å². The lowest BCUT2D eigenvalue weighted by Crippen LogP contribution is -2.09. The summed E-state index contributed by atoms with van der Waals surface area (Å²) in [5.74, 6) is 0.205. The molecule has 1 aromatic carbocycles. The highest BCUT2D eigenvalue weighted by Crippen LogP contribution is 2.29. The summed E-state index contributed by atoms with van der Waals surface area (Å²) in [5.41, 5.74) is 4.81. The van der Waals surface area contributed by atoms with Gasteiger partial charge in [-0.05, 0) is 18.2 Å². The average molecular weight is 255 g/mol. The van der Waals surface area contributed by atoms with Gasteiger partial charge in [-0.25, -0.2) is 4.98 Å². The van der Waals surface area contributed by atoms with E-state index in [9.17, 15) is 13.2 Å². The van der Waals surface area contributed by atoms with E-state index in [1.165, 1.54) is 6.07 Å². The van der Waals surface area contributed by atoms with Crippen LogP contribution in [0.3, 0.4) is 0 Å². The van der Waals surface area contributed by atoms with Gasteiger partial charge in [0.15, 0.2) is 11.4 Å². The van der Waals surface area contributed by atoms with Gasteiger partial charge in [-0.1, -0.05) is 12.1 Å². The van der Waals surface area contributed by atoms with Gasteiger partial charge in [-0.15, -0.1) is 0 Å². The van der Waals surface area contributed by atoms with Crippen LogP contribution in [0.15, 0.2) is 36.5 Å². The Morgan fingerprint density at radius 3 is 2.50 bits per heavy atom. The number of halogens is 3. The molecule has 0 amide bonds. The maximum atomic E-state index is 12.4. The second-order valence-corrected chi connectivity index (χ2v) is 3.36. The normalized spacial score (nSPS) is 11.3. The summed E-state index contributed by atoms with van der Waals surface area (Å²) >= 11 is 0. The molecule has 0 fully saturated rings. The van der Waals surface area contributed by atoms with Gasteiger partial charge in [0.2, 0.25) is 0 Å². The highest BCUT2D eigenvalue weighted by Gasteiger charge is 2.33. The zero-order chi connectivity index (χ0) is 13.2. The van der Waals surface area contributed by atoms with E-state index in [0.717, 1.165) is 12.3 Å². The zero-order valence-corrected chi connectivity index (χ0v) is 8.98. The number of nitrogen functional groups attached to an aromatic ring is 1. The Bertz CT molecular complexity index is 557. The summed E-state index contributed by atoms with van der Waals surface area (Å²) in [5, 5.41) is 0. The number of ether oxygens (including phenoxy) is 1. The minimum Gasteiger partial charge on any atom is -0.422 e. The summed E-state index contributed by atoms with van der Waals surface area (Å²) < 4.78 is 42.3. The predicted molar refractivity (Wildman–Crippen MR) is 58.0 cm³/mol. The third-order valence-corrected chi connectivity index (χ3v) is 2.04. The molecule has 0 unspecified atom stereocenters. The van der Waals surface area contributed by atoms with Crippen LogP contribution in [0.4, 0.5) is 18.9 Å². The molecule has 1 heterocycles. The fourth-order valence-corrected chi connectivity index (χ4v) is 1.22. The Hall–Kier alpha value is -2.31. The van der Waals surface area contributed by atoms with Crippen LogP contribution in [0.5, 0.6) is 11.8 Å². The molecule has 0 aliphatic rings. The molecular weight excluding hydrogens is 247 g/mol. The molecule has 0 atom stereocenters. The molecule has 0 aliphatic carbocycles. The number of hydrogen-bond donors (Lipinski definition) is 1. The highest BCUT2D eigenvalue weighted by molar-refractivity contribution is 5.52. The molecule has 0 saturated carbocycles. The van der Waals surface area contributed by atoms with E-state index < -0.39 is 17.9 Å². The van der Waals surface area contributed by atoms with Crippen LogP contribution in [-0.4, -0.2) is 9.97 Å². The molecule has 1 aromatic heterocycles. The first kappa shape index (κ1) is 12.2. The van der Waals surface area contributed by atoms with Gasteiger partial charge in [0, 0.05) is 6.20 Å². The molecule has 7 heteroatoms. The third kappa shape index (κ3) is 2.68. The van der Waals surface area contributed by atoms with Crippen LogP contribution < -0.4 is 10.5 Å². The second-order valence-electron chi connectivity index (χ2n) is 3.36. The SMILES string of the molecule is Nc1ccccc1Oc1nccc(C(F)(F)F)n1. The number of anilines is 1. The van der Waals surface area contributed by atoms with Crippen molar-refractivity contribution in [3.05, 3.63) is 42.2 Å². The van der Waals surface area contributed by atoms with E-state index in [1.54, 1.807) is 18.2 Å². The molecule has 0 bridgehead atoms. The number of benzene rings is 1. The molecule has 0 saturated heterocycles. The first-order valence-electron chi connectivity index (χ1n) is 4.89. The molecule has 18 heavy (non-hydrogen) atoms. The number of rotatable bonds is 2. The molecule has 2 aromatic rings. The summed E-state index contributed by atoms with van der Waals surface area (Å²) in [6.07, 6.45) is -3.56. The molecule has 2 rings (SSSR count). The smallest absolute Gasteiger partial charge is 0.422 e. The first-order chi connectivity index (χ1) is 8.47. The fraction of sp³-hybridized carbons (Fsp3) is 0.0909. The van der Waals surface area contributed by atoms with Crippen molar-refractivity contribution >= 4 is 5.69 Å². The molecule has 0 aliphatic heterocycles. The summed E-state index contributed by atoms with van der Waals surface area (Å²) in [6, 6.07) is 6.75. The lowest BCUT2D eigenvalue weighted by Gasteiger charge is -2.08. The molecule has 94 valence electrons. The van der Waals surface area contributed by atoms with Crippen molar-refractivity contribution in [1.29, 1.82) is 0 Å². The van der Waals surface area contributed by atoms with E-state index in [4.69, 9.17) is 10.5 Å². The Balaban J connectivity index is 2.28. The van der Waals surface area contributed by atoms with E-state index in [2.05, 4.69) is 9.97 Å². The topological polar surface area (TPSA) is 61.0 Å². The summed E-state index contributed by atoms with van der Waals surface area (Å²) in [4.78, 5) is 6.87. The van der Waals surface area contributed by atoms with Crippen molar-refractivity contribution in [1.82, 2.24) is 9.97 Å². The third-order valence-electron chi connectivity index (χ3n) is 2.04. The van der Waals surface area contributed by atoms with Gasteiger partial charge in [0.1, 0.15) is 0 Å². The molecular formula is C11H8F3N3O. The average Bonchev–Trinajstić information content (AvgIpc) is 2.31. The number of alkyl halides is 3. The molecule has 2 N–H and O–H groups in total. The zero-order valence-electron chi connectivity index (χ0n) is 8.98. The first-order valence-corrected chi connectivity index (χ1v) is 4.89. The van der Waals surface area contributed by atoms with E-state index in [-0.39, 0.29) is 5.75 Å². The van der Waals surface area contributed by atoms with Crippen LogP contribution >= 0.6 is 0 Å². The lowest BCUT2D eigenvalue weighted by molar-refractivity contribution is -0.141. The predicted octanol–water partition coefficient (Wildman–Crippen LogP) is 2.87. The minimum absolute atomic E-state index is 0.205. The molecule has 0 spiro atoms. The Labute approximate surface area is 100 Å². The number of para-hydroxylation sites is 2. The van der Waals surface area contributed by atoms with Gasteiger partial charge in [-0.2, -0.15) is 18.2 Å². The van der Waals surface area contributed by atoms with E-state index >= 15 is 0 Å². The van der Waals surface area contributed by atoms with Crippen molar-refractivity contribution in [2.45, 2.75) is 6.18 Å².